The number of anilines is 1. The molecule has 28 heavy (non-hydrogen) atoms. The number of hydrogen-bond acceptors (Lipinski definition) is 3. The van der Waals surface area contributed by atoms with Crippen molar-refractivity contribution in [3.63, 3.8) is 0 Å². The molecule has 5 heteroatoms. The van der Waals surface area contributed by atoms with Crippen LogP contribution in [-0.4, -0.2) is 50.5 Å². The third-order valence-corrected chi connectivity index (χ3v) is 5.31. The number of hydrogen-bond donors (Lipinski definition) is 2. The second-order valence-electron chi connectivity index (χ2n) is 8.60. The fourth-order valence-corrected chi connectivity index (χ4v) is 3.77. The van der Waals surface area contributed by atoms with E-state index in [9.17, 15) is 9.50 Å². The van der Waals surface area contributed by atoms with E-state index in [1.165, 1.54) is 11.0 Å². The fourth-order valence-electron chi connectivity index (χ4n) is 3.77. The van der Waals surface area contributed by atoms with Crippen molar-refractivity contribution >= 4 is 5.69 Å². The van der Waals surface area contributed by atoms with Crippen molar-refractivity contribution in [2.45, 2.75) is 32.3 Å². The number of nitrogens with one attached hydrogen (secondary N) is 1. The number of aliphatic hydroxyl groups excluding tert-OH is 1. The summed E-state index contributed by atoms with van der Waals surface area (Å²) in [5, 5.41) is 10.5. The summed E-state index contributed by atoms with van der Waals surface area (Å²) >= 11 is 0. The lowest BCUT2D eigenvalue weighted by atomic mass is 9.86. The lowest BCUT2D eigenvalue weighted by molar-refractivity contribution is -0.903. The van der Waals surface area contributed by atoms with Gasteiger partial charge in [-0.25, -0.2) is 4.39 Å². The number of ether oxygens (including phenoxy) is 1. The monoisotopic (exact) mass is 387 g/mol. The summed E-state index contributed by atoms with van der Waals surface area (Å²) in [4.78, 5) is 3.41. The number of halogens is 1. The summed E-state index contributed by atoms with van der Waals surface area (Å²) in [6, 6.07) is 14.9. The Bertz CT molecular complexity index is 767. The first-order chi connectivity index (χ1) is 13.3. The number of piperazine rings is 1. The van der Waals surface area contributed by atoms with Gasteiger partial charge in [-0.3, -0.25) is 0 Å². The third-order valence-electron chi connectivity index (χ3n) is 5.31. The van der Waals surface area contributed by atoms with Crippen molar-refractivity contribution in [1.82, 2.24) is 0 Å². The average Bonchev–Trinajstić information content (AvgIpc) is 2.67. The van der Waals surface area contributed by atoms with E-state index in [0.29, 0.717) is 12.2 Å². The molecular formula is C23H32FN2O2+. The maximum absolute atomic E-state index is 14.0. The summed E-state index contributed by atoms with van der Waals surface area (Å²) < 4.78 is 19.9. The summed E-state index contributed by atoms with van der Waals surface area (Å²) in [5.41, 5.74) is 1.81. The minimum Gasteiger partial charge on any atom is -0.490 e. The number of para-hydroxylation sites is 2. The first kappa shape index (κ1) is 20.6. The van der Waals surface area contributed by atoms with Crippen LogP contribution in [-0.2, 0) is 5.41 Å². The Hall–Kier alpha value is -2.11. The highest BCUT2D eigenvalue weighted by atomic mass is 19.1. The molecule has 2 aromatic rings. The summed E-state index contributed by atoms with van der Waals surface area (Å²) in [5.74, 6) is 0.672. The zero-order chi connectivity index (χ0) is 20.1. The lowest BCUT2D eigenvalue weighted by Gasteiger charge is -2.34. The van der Waals surface area contributed by atoms with Crippen molar-refractivity contribution in [3.05, 3.63) is 59.9 Å². The van der Waals surface area contributed by atoms with E-state index in [0.717, 1.165) is 37.5 Å². The quantitative estimate of drug-likeness (QED) is 0.799. The van der Waals surface area contributed by atoms with E-state index in [1.54, 1.807) is 6.07 Å². The van der Waals surface area contributed by atoms with Gasteiger partial charge in [0.2, 0.25) is 0 Å². The van der Waals surface area contributed by atoms with Crippen LogP contribution in [0.25, 0.3) is 0 Å². The van der Waals surface area contributed by atoms with Crippen LogP contribution in [0.1, 0.15) is 26.3 Å². The predicted molar refractivity (Wildman–Crippen MR) is 111 cm³/mol. The molecular weight excluding hydrogens is 355 g/mol. The molecule has 1 heterocycles. The van der Waals surface area contributed by atoms with Crippen LogP contribution >= 0.6 is 0 Å². The number of rotatable bonds is 6. The smallest absolute Gasteiger partial charge is 0.146 e. The van der Waals surface area contributed by atoms with Crippen LogP contribution < -0.4 is 14.5 Å². The van der Waals surface area contributed by atoms with Gasteiger partial charge in [0, 0.05) is 0 Å². The molecule has 1 fully saturated rings. The normalized spacial score (nSPS) is 16.8. The van der Waals surface area contributed by atoms with Gasteiger partial charge in [0.05, 0.1) is 31.9 Å². The minimum absolute atomic E-state index is 0.00413. The van der Waals surface area contributed by atoms with Gasteiger partial charge in [0.15, 0.2) is 0 Å². The largest absolute Gasteiger partial charge is 0.490 e. The molecule has 3 rings (SSSR count). The van der Waals surface area contributed by atoms with Gasteiger partial charge >= 0.3 is 0 Å². The third kappa shape index (κ3) is 5.24. The van der Waals surface area contributed by atoms with E-state index in [4.69, 9.17) is 4.74 Å². The number of benzene rings is 2. The van der Waals surface area contributed by atoms with Crippen LogP contribution in [0.2, 0.25) is 0 Å². The van der Waals surface area contributed by atoms with Gasteiger partial charge < -0.3 is 19.6 Å². The van der Waals surface area contributed by atoms with Crippen LogP contribution in [0.5, 0.6) is 5.75 Å². The Balaban J connectivity index is 1.48. The summed E-state index contributed by atoms with van der Waals surface area (Å²) in [7, 11) is 0. The summed E-state index contributed by atoms with van der Waals surface area (Å²) in [6.07, 6.45) is -0.525. The van der Waals surface area contributed by atoms with Crippen LogP contribution in [0.3, 0.4) is 0 Å². The van der Waals surface area contributed by atoms with Gasteiger partial charge in [-0.1, -0.05) is 51.1 Å². The zero-order valence-corrected chi connectivity index (χ0v) is 17.1. The topological polar surface area (TPSA) is 37.1 Å². The second-order valence-corrected chi connectivity index (χ2v) is 8.60. The fraction of sp³-hybridized carbons (Fsp3) is 0.478. The van der Waals surface area contributed by atoms with Gasteiger partial charge in [0.1, 0.15) is 30.8 Å². The highest BCUT2D eigenvalue weighted by Crippen LogP contribution is 2.30. The Morgan fingerprint density at radius 2 is 1.71 bits per heavy atom. The Labute approximate surface area is 167 Å². The molecule has 1 aliphatic rings. The molecule has 0 spiro atoms. The average molecular weight is 388 g/mol. The highest BCUT2D eigenvalue weighted by Gasteiger charge is 2.25. The van der Waals surface area contributed by atoms with Crippen molar-refractivity contribution in [2.24, 2.45) is 0 Å². The van der Waals surface area contributed by atoms with Crippen molar-refractivity contribution < 1.29 is 19.1 Å². The van der Waals surface area contributed by atoms with Gasteiger partial charge in [0.25, 0.3) is 0 Å². The molecule has 0 aromatic heterocycles. The summed E-state index contributed by atoms with van der Waals surface area (Å²) in [6.45, 7) is 10.7. The molecule has 0 unspecified atom stereocenters. The lowest BCUT2D eigenvalue weighted by Crippen LogP contribution is -3.16. The molecule has 1 aliphatic heterocycles. The minimum atomic E-state index is -0.525. The first-order valence-corrected chi connectivity index (χ1v) is 10.1. The Morgan fingerprint density at radius 3 is 2.39 bits per heavy atom. The number of quaternary nitrogens is 1. The van der Waals surface area contributed by atoms with Gasteiger partial charge in [-0.2, -0.15) is 0 Å². The first-order valence-electron chi connectivity index (χ1n) is 10.1. The van der Waals surface area contributed by atoms with E-state index in [-0.39, 0.29) is 17.8 Å². The molecule has 2 N–H and O–H groups in total. The number of nitrogens with zero attached hydrogens (tertiary/aromatic N) is 1. The standard InChI is InChI=1S/C23H31FN2O2/c1-23(2,3)19-8-4-7-11-22(19)28-17-18(27)16-25-12-14-26(15-13-25)21-10-6-5-9-20(21)24/h4-11,18,27H,12-17H2,1-3H3/p+1/t18-/m0/s1. The molecule has 0 amide bonds. The molecule has 0 bridgehead atoms. The SMILES string of the molecule is CC(C)(C)c1ccccc1OC[C@@H](O)C[NH+]1CCN(c2ccccc2F)CC1. The predicted octanol–water partition coefficient (Wildman–Crippen LogP) is 2.27. The molecule has 0 saturated carbocycles. The molecule has 0 aliphatic carbocycles. The molecule has 2 aromatic carbocycles. The van der Waals surface area contributed by atoms with Crippen molar-refractivity contribution in [3.8, 4) is 5.75 Å². The van der Waals surface area contributed by atoms with E-state index in [2.05, 4.69) is 31.7 Å². The Morgan fingerprint density at radius 1 is 1.07 bits per heavy atom. The van der Waals surface area contributed by atoms with Gasteiger partial charge in [-0.15, -0.1) is 0 Å². The van der Waals surface area contributed by atoms with Crippen LogP contribution in [0.4, 0.5) is 10.1 Å². The van der Waals surface area contributed by atoms with Crippen LogP contribution in [0.15, 0.2) is 48.5 Å². The Kier molecular flexibility index (Phi) is 6.57. The zero-order valence-electron chi connectivity index (χ0n) is 17.1. The van der Waals surface area contributed by atoms with Gasteiger partial charge in [-0.05, 0) is 29.2 Å². The molecule has 152 valence electrons. The molecule has 1 atom stereocenters. The molecule has 1 saturated heterocycles. The van der Waals surface area contributed by atoms with Crippen LogP contribution in [0, 0.1) is 5.82 Å². The highest BCUT2D eigenvalue weighted by molar-refractivity contribution is 5.47. The molecule has 4 nitrogen and oxygen atoms in total. The van der Waals surface area contributed by atoms with E-state index < -0.39 is 6.10 Å². The number of aliphatic hydroxyl groups is 1. The maximum atomic E-state index is 14.0. The second kappa shape index (κ2) is 8.93. The maximum Gasteiger partial charge on any atom is 0.146 e. The van der Waals surface area contributed by atoms with Crippen molar-refractivity contribution in [2.75, 3.05) is 44.2 Å². The van der Waals surface area contributed by atoms with E-state index in [1.807, 2.05) is 30.3 Å². The van der Waals surface area contributed by atoms with E-state index >= 15 is 0 Å². The van der Waals surface area contributed by atoms with Crippen molar-refractivity contribution in [1.29, 1.82) is 0 Å². The molecule has 0 radical (unpaired) electrons.